The Morgan fingerprint density at radius 3 is 2.59 bits per heavy atom. The summed E-state index contributed by atoms with van der Waals surface area (Å²) in [6, 6.07) is 11.0. The van der Waals surface area contributed by atoms with Crippen LogP contribution in [0, 0.1) is 11.8 Å². The molecule has 0 spiro atoms. The van der Waals surface area contributed by atoms with Crippen molar-refractivity contribution in [2.24, 2.45) is 16.8 Å². The Balaban J connectivity index is 1.61. The van der Waals surface area contributed by atoms with Crippen LogP contribution in [-0.2, 0) is 4.74 Å². The zero-order chi connectivity index (χ0) is 20.7. The lowest BCUT2D eigenvalue weighted by Crippen LogP contribution is -2.58. The molecule has 3 rings (SSSR count). The van der Waals surface area contributed by atoms with Crippen LogP contribution in [0.2, 0.25) is 0 Å². The Hall–Kier alpha value is -1.59. The van der Waals surface area contributed by atoms with Gasteiger partial charge in [-0.1, -0.05) is 44.2 Å². The van der Waals surface area contributed by atoms with Crippen LogP contribution in [0.4, 0.5) is 0 Å². The van der Waals surface area contributed by atoms with Gasteiger partial charge in [0.05, 0.1) is 0 Å². The molecule has 162 valence electrons. The van der Waals surface area contributed by atoms with Crippen molar-refractivity contribution >= 4 is 5.96 Å². The summed E-state index contributed by atoms with van der Waals surface area (Å²) in [5, 5.41) is 7.65. The maximum atomic E-state index is 5.69. The molecule has 5 heteroatoms. The van der Waals surface area contributed by atoms with E-state index < -0.39 is 0 Å². The summed E-state index contributed by atoms with van der Waals surface area (Å²) in [5.74, 6) is 2.61. The smallest absolute Gasteiger partial charge is 0.193 e. The van der Waals surface area contributed by atoms with Crippen molar-refractivity contribution in [1.82, 2.24) is 15.5 Å². The van der Waals surface area contributed by atoms with Gasteiger partial charge < -0.3 is 20.3 Å². The van der Waals surface area contributed by atoms with Crippen LogP contribution in [0.15, 0.2) is 35.3 Å². The Labute approximate surface area is 177 Å². The van der Waals surface area contributed by atoms with Gasteiger partial charge >= 0.3 is 0 Å². The molecule has 0 aromatic heterocycles. The van der Waals surface area contributed by atoms with E-state index in [0.717, 1.165) is 63.5 Å². The van der Waals surface area contributed by atoms with E-state index in [4.69, 9.17) is 4.74 Å². The summed E-state index contributed by atoms with van der Waals surface area (Å²) < 4.78 is 5.69. The van der Waals surface area contributed by atoms with Crippen LogP contribution in [0.25, 0.3) is 0 Å². The van der Waals surface area contributed by atoms with Gasteiger partial charge in [0.25, 0.3) is 0 Å². The highest BCUT2D eigenvalue weighted by atomic mass is 16.5. The first-order valence-electron chi connectivity index (χ1n) is 11.4. The zero-order valence-corrected chi connectivity index (χ0v) is 18.8. The highest BCUT2D eigenvalue weighted by Gasteiger charge is 2.35. The molecule has 2 aliphatic rings. The summed E-state index contributed by atoms with van der Waals surface area (Å²) >= 11 is 0. The molecule has 1 aromatic carbocycles. The van der Waals surface area contributed by atoms with Gasteiger partial charge in [0, 0.05) is 51.5 Å². The van der Waals surface area contributed by atoms with Gasteiger partial charge in [0.15, 0.2) is 5.96 Å². The van der Waals surface area contributed by atoms with Crippen LogP contribution in [0.5, 0.6) is 0 Å². The molecule has 5 nitrogen and oxygen atoms in total. The van der Waals surface area contributed by atoms with Gasteiger partial charge in [-0.3, -0.25) is 4.99 Å². The molecule has 0 bridgehead atoms. The van der Waals surface area contributed by atoms with Crippen molar-refractivity contribution < 1.29 is 4.74 Å². The molecule has 2 heterocycles. The van der Waals surface area contributed by atoms with Gasteiger partial charge in [-0.25, -0.2) is 0 Å². The van der Waals surface area contributed by atoms with Crippen molar-refractivity contribution in [2.75, 3.05) is 39.9 Å². The van der Waals surface area contributed by atoms with Gasteiger partial charge in [-0.2, -0.15) is 0 Å². The van der Waals surface area contributed by atoms with Crippen LogP contribution < -0.4 is 10.6 Å². The van der Waals surface area contributed by atoms with Crippen LogP contribution in [-0.4, -0.2) is 56.3 Å². The van der Waals surface area contributed by atoms with Gasteiger partial charge in [-0.15, -0.1) is 0 Å². The van der Waals surface area contributed by atoms with Gasteiger partial charge in [0.1, 0.15) is 0 Å². The predicted octanol–water partition coefficient (Wildman–Crippen LogP) is 3.83. The molecule has 1 aromatic rings. The quantitative estimate of drug-likeness (QED) is 0.539. The molecule has 2 aliphatic heterocycles. The van der Waals surface area contributed by atoms with E-state index in [1.54, 1.807) is 0 Å². The molecule has 2 fully saturated rings. The van der Waals surface area contributed by atoms with Crippen LogP contribution in [0.1, 0.15) is 58.1 Å². The number of ether oxygens (including phenoxy) is 1. The number of benzene rings is 1. The molecule has 2 atom stereocenters. The lowest BCUT2D eigenvalue weighted by molar-refractivity contribution is 0.0353. The molecule has 29 heavy (non-hydrogen) atoms. The largest absolute Gasteiger partial charge is 0.381 e. The normalized spacial score (nSPS) is 23.4. The molecule has 0 amide bonds. The first-order valence-corrected chi connectivity index (χ1v) is 11.4. The zero-order valence-electron chi connectivity index (χ0n) is 18.8. The lowest BCUT2D eigenvalue weighted by Gasteiger charge is -2.41. The monoisotopic (exact) mass is 400 g/mol. The molecular formula is C24H40N4O. The number of hydrogen-bond acceptors (Lipinski definition) is 3. The van der Waals surface area contributed by atoms with E-state index in [0.29, 0.717) is 6.04 Å². The minimum atomic E-state index is 0.0283. The van der Waals surface area contributed by atoms with Gasteiger partial charge in [0.2, 0.25) is 0 Å². The maximum Gasteiger partial charge on any atom is 0.193 e. The standard InChI is InChI=1S/C24H40N4O/c1-19(2)16-21-10-13-28(17-21)23(25-4)26-18-24(11-14-29-15-12-24)27-20(3)22-8-6-5-7-9-22/h5-9,19-21,27H,10-18H2,1-4H3,(H,25,26). The topological polar surface area (TPSA) is 48.9 Å². The Bertz CT molecular complexity index is 640. The first kappa shape index (κ1) is 22.1. The Morgan fingerprint density at radius 2 is 1.93 bits per heavy atom. The molecule has 2 N–H and O–H groups in total. The van der Waals surface area contributed by atoms with E-state index in [2.05, 4.69) is 71.6 Å². The molecule has 2 unspecified atom stereocenters. The highest BCUT2D eigenvalue weighted by molar-refractivity contribution is 5.80. The second-order valence-corrected chi connectivity index (χ2v) is 9.30. The minimum Gasteiger partial charge on any atom is -0.381 e. The first-order chi connectivity index (χ1) is 14.0. The Morgan fingerprint density at radius 1 is 1.21 bits per heavy atom. The van der Waals surface area contributed by atoms with Crippen molar-refractivity contribution in [3.63, 3.8) is 0 Å². The van der Waals surface area contributed by atoms with Gasteiger partial charge in [-0.05, 0) is 50.0 Å². The average Bonchev–Trinajstić information content (AvgIpc) is 3.17. The number of likely N-dealkylation sites (tertiary alicyclic amines) is 1. The van der Waals surface area contributed by atoms with Crippen molar-refractivity contribution in [3.8, 4) is 0 Å². The fourth-order valence-corrected chi connectivity index (χ4v) is 4.88. The fourth-order valence-electron chi connectivity index (χ4n) is 4.88. The summed E-state index contributed by atoms with van der Waals surface area (Å²) in [6.45, 7) is 11.7. The fraction of sp³-hybridized carbons (Fsp3) is 0.708. The third-order valence-electron chi connectivity index (χ3n) is 6.46. The average molecular weight is 401 g/mol. The van der Waals surface area contributed by atoms with Crippen molar-refractivity contribution in [3.05, 3.63) is 35.9 Å². The number of rotatable bonds is 7. The predicted molar refractivity (Wildman–Crippen MR) is 121 cm³/mol. The lowest BCUT2D eigenvalue weighted by atomic mass is 9.88. The minimum absolute atomic E-state index is 0.0283. The SMILES string of the molecule is CN=C(NCC1(NC(C)c2ccccc2)CCOCC1)N1CCC(CC(C)C)C1. The van der Waals surface area contributed by atoms with E-state index in [9.17, 15) is 0 Å². The molecular weight excluding hydrogens is 360 g/mol. The second kappa shape index (κ2) is 10.4. The van der Waals surface area contributed by atoms with E-state index in [1.807, 2.05) is 7.05 Å². The highest BCUT2D eigenvalue weighted by Crippen LogP contribution is 2.26. The van der Waals surface area contributed by atoms with E-state index in [-0.39, 0.29) is 5.54 Å². The molecule has 0 aliphatic carbocycles. The second-order valence-electron chi connectivity index (χ2n) is 9.30. The summed E-state index contributed by atoms with van der Waals surface area (Å²) in [6.07, 6.45) is 4.63. The molecule has 2 saturated heterocycles. The van der Waals surface area contributed by atoms with E-state index in [1.165, 1.54) is 18.4 Å². The summed E-state index contributed by atoms with van der Waals surface area (Å²) in [7, 11) is 1.91. The third kappa shape index (κ3) is 6.19. The summed E-state index contributed by atoms with van der Waals surface area (Å²) in [4.78, 5) is 7.05. The number of hydrogen-bond donors (Lipinski definition) is 2. The van der Waals surface area contributed by atoms with Crippen molar-refractivity contribution in [2.45, 2.75) is 58.0 Å². The van der Waals surface area contributed by atoms with Crippen LogP contribution >= 0.6 is 0 Å². The number of guanidine groups is 1. The number of aliphatic imine (C=N–C) groups is 1. The van der Waals surface area contributed by atoms with E-state index >= 15 is 0 Å². The Kier molecular flexibility index (Phi) is 7.96. The number of nitrogens with one attached hydrogen (secondary N) is 2. The number of nitrogens with zero attached hydrogens (tertiary/aromatic N) is 2. The summed E-state index contributed by atoms with van der Waals surface area (Å²) in [5.41, 5.74) is 1.36. The van der Waals surface area contributed by atoms with Crippen molar-refractivity contribution in [1.29, 1.82) is 0 Å². The molecule has 0 saturated carbocycles. The third-order valence-corrected chi connectivity index (χ3v) is 6.46. The molecule has 0 radical (unpaired) electrons. The maximum absolute atomic E-state index is 5.69. The van der Waals surface area contributed by atoms with Crippen LogP contribution in [0.3, 0.4) is 0 Å².